The van der Waals surface area contributed by atoms with E-state index in [1.165, 1.54) is 24.8 Å². The van der Waals surface area contributed by atoms with Gasteiger partial charge in [0.2, 0.25) is 0 Å². The summed E-state index contributed by atoms with van der Waals surface area (Å²) in [7, 11) is 0. The predicted molar refractivity (Wildman–Crippen MR) is 108 cm³/mol. The lowest BCUT2D eigenvalue weighted by molar-refractivity contribution is 0.189. The highest BCUT2D eigenvalue weighted by atomic mass is 16.2. The second-order valence-electron chi connectivity index (χ2n) is 8.27. The lowest BCUT2D eigenvalue weighted by atomic mass is 9.85. The highest BCUT2D eigenvalue weighted by molar-refractivity contribution is 5.90. The molecule has 1 aliphatic carbocycles. The van der Waals surface area contributed by atoms with Gasteiger partial charge in [-0.3, -0.25) is 0 Å². The largest absolute Gasteiger partial charge is 0.334 e. The average molecular weight is 367 g/mol. The zero-order valence-electron chi connectivity index (χ0n) is 16.4. The van der Waals surface area contributed by atoms with Crippen LogP contribution in [0.2, 0.25) is 0 Å². The van der Waals surface area contributed by atoms with Crippen molar-refractivity contribution in [1.82, 2.24) is 14.5 Å². The number of hydrogen-bond acceptors (Lipinski definition) is 2. The highest BCUT2D eigenvalue weighted by Crippen LogP contribution is 2.31. The number of benzene rings is 1. The summed E-state index contributed by atoms with van der Waals surface area (Å²) in [6.45, 7) is 6.76. The molecule has 0 spiro atoms. The minimum absolute atomic E-state index is 0.00347. The molecule has 2 amide bonds. The fraction of sp³-hybridized carbons (Fsp3) is 0.545. The third-order valence-corrected chi connectivity index (χ3v) is 6.12. The third-order valence-electron chi connectivity index (χ3n) is 6.12. The number of likely N-dealkylation sites (tertiary alicyclic amines) is 1. The van der Waals surface area contributed by atoms with Crippen molar-refractivity contribution >= 4 is 11.7 Å². The van der Waals surface area contributed by atoms with Crippen LogP contribution in [0.25, 0.3) is 0 Å². The molecule has 0 unspecified atom stereocenters. The molecule has 1 atom stereocenters. The van der Waals surface area contributed by atoms with Crippen LogP contribution in [0.5, 0.6) is 0 Å². The van der Waals surface area contributed by atoms with Crippen molar-refractivity contribution in [3.63, 3.8) is 0 Å². The van der Waals surface area contributed by atoms with Crippen molar-refractivity contribution in [2.24, 2.45) is 5.92 Å². The van der Waals surface area contributed by atoms with Crippen molar-refractivity contribution in [3.8, 4) is 0 Å². The van der Waals surface area contributed by atoms with Gasteiger partial charge in [0.05, 0.1) is 0 Å². The van der Waals surface area contributed by atoms with Gasteiger partial charge in [-0.2, -0.15) is 0 Å². The Hall–Kier alpha value is -2.30. The minimum atomic E-state index is 0.00347. The molecule has 1 aliphatic heterocycles. The molecular weight excluding hydrogens is 336 g/mol. The number of nitrogens with one attached hydrogen (secondary N) is 1. The Bertz CT molecular complexity index is 808. The zero-order valence-corrected chi connectivity index (χ0v) is 16.4. The Morgan fingerprint density at radius 3 is 2.81 bits per heavy atom. The van der Waals surface area contributed by atoms with E-state index in [-0.39, 0.29) is 6.03 Å². The van der Waals surface area contributed by atoms with Crippen molar-refractivity contribution in [1.29, 1.82) is 0 Å². The van der Waals surface area contributed by atoms with Gasteiger partial charge in [-0.05, 0) is 57.1 Å². The fourth-order valence-corrected chi connectivity index (χ4v) is 4.31. The van der Waals surface area contributed by atoms with Gasteiger partial charge in [-0.15, -0.1) is 0 Å². The highest BCUT2D eigenvalue weighted by Gasteiger charge is 2.28. The van der Waals surface area contributed by atoms with Crippen LogP contribution in [-0.4, -0.2) is 33.6 Å². The molecule has 5 heteroatoms. The number of piperidine rings is 1. The maximum Gasteiger partial charge on any atom is 0.321 e. The first-order valence-electron chi connectivity index (χ1n) is 10.2. The van der Waals surface area contributed by atoms with E-state index < -0.39 is 0 Å². The first-order valence-corrected chi connectivity index (χ1v) is 10.2. The van der Waals surface area contributed by atoms with Crippen LogP contribution in [0.4, 0.5) is 10.5 Å². The van der Waals surface area contributed by atoms with Gasteiger partial charge in [0.1, 0.15) is 5.82 Å². The summed E-state index contributed by atoms with van der Waals surface area (Å²) < 4.78 is 2.33. The first-order chi connectivity index (χ1) is 13.1. The Balaban J connectivity index is 1.42. The second kappa shape index (κ2) is 7.75. The molecule has 4 rings (SSSR count). The van der Waals surface area contributed by atoms with E-state index in [9.17, 15) is 4.79 Å². The topological polar surface area (TPSA) is 50.2 Å². The normalized spacial score (nSPS) is 20.4. The predicted octanol–water partition coefficient (Wildman–Crippen LogP) is 4.71. The average Bonchev–Trinajstić information content (AvgIpc) is 3.09. The fourth-order valence-electron chi connectivity index (χ4n) is 4.31. The number of carbonyl (C=O) groups is 1. The van der Waals surface area contributed by atoms with Crippen molar-refractivity contribution in [3.05, 3.63) is 47.5 Å². The Morgan fingerprint density at radius 2 is 2.07 bits per heavy atom. The quantitative estimate of drug-likeness (QED) is 0.852. The molecule has 5 nitrogen and oxygen atoms in total. The molecule has 1 aromatic carbocycles. The van der Waals surface area contributed by atoms with Crippen LogP contribution >= 0.6 is 0 Å². The number of urea groups is 1. The molecule has 2 aromatic rings. The Morgan fingerprint density at radius 1 is 1.22 bits per heavy atom. The summed E-state index contributed by atoms with van der Waals surface area (Å²) in [4.78, 5) is 19.4. The van der Waals surface area contributed by atoms with Crippen LogP contribution < -0.4 is 5.32 Å². The van der Waals surface area contributed by atoms with Crippen LogP contribution in [-0.2, 0) is 6.54 Å². The molecule has 0 bridgehead atoms. The van der Waals surface area contributed by atoms with Gasteiger partial charge in [-0.1, -0.05) is 24.1 Å². The molecule has 27 heavy (non-hydrogen) atoms. The van der Waals surface area contributed by atoms with Crippen LogP contribution in [0, 0.1) is 19.8 Å². The Labute approximate surface area is 161 Å². The summed E-state index contributed by atoms with van der Waals surface area (Å²) in [6.07, 6.45) is 10.2. The number of aryl methyl sites for hydroxylation is 2. The third kappa shape index (κ3) is 4.02. The van der Waals surface area contributed by atoms with E-state index in [4.69, 9.17) is 0 Å². The lowest BCUT2D eigenvalue weighted by Crippen LogP contribution is -2.42. The van der Waals surface area contributed by atoms with Crippen molar-refractivity contribution in [2.45, 2.75) is 58.4 Å². The summed E-state index contributed by atoms with van der Waals surface area (Å²) in [5.74, 6) is 2.30. The van der Waals surface area contributed by atoms with Crippen molar-refractivity contribution in [2.75, 3.05) is 18.4 Å². The van der Waals surface area contributed by atoms with Crippen LogP contribution in [0.1, 0.15) is 55.0 Å². The van der Waals surface area contributed by atoms with Gasteiger partial charge in [-0.25, -0.2) is 9.78 Å². The lowest BCUT2D eigenvalue weighted by Gasteiger charge is -2.33. The van der Waals surface area contributed by atoms with Gasteiger partial charge in [0, 0.05) is 43.6 Å². The van der Waals surface area contributed by atoms with E-state index in [2.05, 4.69) is 34.1 Å². The van der Waals surface area contributed by atoms with E-state index in [1.807, 2.05) is 30.2 Å². The van der Waals surface area contributed by atoms with E-state index in [0.717, 1.165) is 55.5 Å². The summed E-state index contributed by atoms with van der Waals surface area (Å²) in [5, 5.41) is 3.10. The molecule has 1 aromatic heterocycles. The number of anilines is 1. The summed E-state index contributed by atoms with van der Waals surface area (Å²) in [6, 6.07) is 6.14. The number of imidazole rings is 1. The van der Waals surface area contributed by atoms with E-state index in [1.54, 1.807) is 0 Å². The molecule has 1 saturated carbocycles. The first kappa shape index (κ1) is 18.1. The van der Waals surface area contributed by atoms with E-state index >= 15 is 0 Å². The minimum Gasteiger partial charge on any atom is -0.334 e. The summed E-state index contributed by atoms with van der Waals surface area (Å²) in [5.41, 5.74) is 3.22. The summed E-state index contributed by atoms with van der Waals surface area (Å²) >= 11 is 0. The second-order valence-corrected chi connectivity index (χ2v) is 8.27. The zero-order chi connectivity index (χ0) is 18.8. The number of amides is 2. The van der Waals surface area contributed by atoms with Crippen LogP contribution in [0.15, 0.2) is 30.6 Å². The van der Waals surface area contributed by atoms with Gasteiger partial charge in [0.25, 0.3) is 0 Å². The molecule has 1 saturated heterocycles. The van der Waals surface area contributed by atoms with Gasteiger partial charge in [0.15, 0.2) is 0 Å². The van der Waals surface area contributed by atoms with Crippen LogP contribution in [0.3, 0.4) is 0 Å². The number of carbonyl (C=O) groups excluding carboxylic acids is 1. The van der Waals surface area contributed by atoms with E-state index in [0.29, 0.717) is 5.92 Å². The molecule has 2 aliphatic rings. The molecule has 0 radical (unpaired) electrons. The molecule has 2 fully saturated rings. The smallest absolute Gasteiger partial charge is 0.321 e. The molecule has 144 valence electrons. The van der Waals surface area contributed by atoms with Gasteiger partial charge < -0.3 is 14.8 Å². The molecule has 1 N–H and O–H groups in total. The molecule has 2 heterocycles. The number of hydrogen-bond donors (Lipinski definition) is 1. The monoisotopic (exact) mass is 366 g/mol. The van der Waals surface area contributed by atoms with Crippen molar-refractivity contribution < 1.29 is 4.79 Å². The maximum atomic E-state index is 12.8. The standard InChI is InChI=1S/C22H30N4O/c1-16-8-9-20(17(2)13-16)24-22(27)26-11-4-7-19(15-26)21-23-10-12-25(21)14-18-5-3-6-18/h8-10,12-13,18-19H,3-7,11,14-15H2,1-2H3,(H,24,27)/t19-/m1/s1. The molecular formula is C22H30N4O. The number of aromatic nitrogens is 2. The number of nitrogens with zero attached hydrogens (tertiary/aromatic N) is 3. The number of rotatable bonds is 4. The SMILES string of the molecule is Cc1ccc(NC(=O)N2CCC[C@@H](c3nccn3CC3CCC3)C2)c(C)c1. The maximum absolute atomic E-state index is 12.8. The van der Waals surface area contributed by atoms with Gasteiger partial charge >= 0.3 is 6.03 Å². The Kier molecular flexibility index (Phi) is 5.19.